The molecule has 0 aliphatic rings. The first-order valence-corrected chi connectivity index (χ1v) is 7.13. The fourth-order valence-electron chi connectivity index (χ4n) is 1.93. The molecule has 1 aromatic rings. The predicted molar refractivity (Wildman–Crippen MR) is 80.0 cm³/mol. The van der Waals surface area contributed by atoms with Crippen LogP contribution in [-0.2, 0) is 4.79 Å². The van der Waals surface area contributed by atoms with Crippen LogP contribution < -0.4 is 5.73 Å². The molecule has 0 heterocycles. The second kappa shape index (κ2) is 6.91. The summed E-state index contributed by atoms with van der Waals surface area (Å²) in [7, 11) is 0.531. The number of rotatable bonds is 4. The summed E-state index contributed by atoms with van der Waals surface area (Å²) in [5, 5.41) is 0. The van der Waals surface area contributed by atoms with Crippen molar-refractivity contribution in [3.63, 3.8) is 0 Å². The summed E-state index contributed by atoms with van der Waals surface area (Å²) in [6.07, 6.45) is 0. The first-order valence-electron chi connectivity index (χ1n) is 5.69. The Hall–Kier alpha value is -0.855. The third-order valence-corrected chi connectivity index (χ3v) is 4.02. The number of benzene rings is 1. The van der Waals surface area contributed by atoms with Gasteiger partial charge in [0.15, 0.2) is 0 Å². The highest BCUT2D eigenvalue weighted by atomic mass is 31.1. The second-order valence-electron chi connectivity index (χ2n) is 4.98. The fourth-order valence-corrected chi connectivity index (χ4v) is 3.13. The van der Waals surface area contributed by atoms with Crippen LogP contribution in [0.4, 0.5) is 0 Å². The molecule has 97 valence electrons. The van der Waals surface area contributed by atoms with Gasteiger partial charge in [0.25, 0.3) is 0 Å². The first kappa shape index (κ1) is 17.1. The Morgan fingerprint density at radius 2 is 1.78 bits per heavy atom. The Labute approximate surface area is 114 Å². The number of primary amides is 1. The van der Waals surface area contributed by atoms with Gasteiger partial charge in [-0.05, 0) is 33.0 Å². The second-order valence-corrected chi connectivity index (χ2v) is 5.91. The summed E-state index contributed by atoms with van der Waals surface area (Å²) in [5.74, 6) is -0.291. The zero-order chi connectivity index (χ0) is 13.1. The van der Waals surface area contributed by atoms with Crippen LogP contribution in [0.5, 0.6) is 0 Å². The number of hydrogen-bond donors (Lipinski definition) is 1. The number of hydrogen-bond acceptors (Lipinski definition) is 2. The molecular formula is C13H21BN2OP. The molecule has 0 fully saturated rings. The molecule has 2 atom stereocenters. The van der Waals surface area contributed by atoms with E-state index in [0.29, 0.717) is 8.73 Å². The molecule has 2 N–H and O–H groups in total. The minimum Gasteiger partial charge on any atom is -0.368 e. The molecule has 18 heavy (non-hydrogen) atoms. The van der Waals surface area contributed by atoms with Crippen LogP contribution in [0.2, 0.25) is 0 Å². The average Bonchev–Trinajstić information content (AvgIpc) is 2.24. The van der Waals surface area contributed by atoms with E-state index in [1.54, 1.807) is 0 Å². The molecule has 0 spiro atoms. The molecule has 3 radical (unpaired) electrons. The number of nitrogens with two attached hydrogens (primary N) is 1. The zero-order valence-electron chi connectivity index (χ0n) is 11.5. The van der Waals surface area contributed by atoms with Crippen LogP contribution in [0.3, 0.4) is 0 Å². The van der Waals surface area contributed by atoms with E-state index in [2.05, 4.69) is 32.1 Å². The molecule has 0 aliphatic heterocycles. The smallest absolute Gasteiger partial charge is 0.239 e. The molecule has 1 aromatic carbocycles. The largest absolute Gasteiger partial charge is 0.368 e. The SMILES string of the molecule is CPN([C@@H](C(N)=O)c1ccccc1)C(C)(C)C.[B]. The lowest BCUT2D eigenvalue weighted by atomic mass is 10.0. The van der Waals surface area contributed by atoms with Crippen molar-refractivity contribution in [1.29, 1.82) is 0 Å². The van der Waals surface area contributed by atoms with Gasteiger partial charge in [-0.25, -0.2) is 0 Å². The maximum Gasteiger partial charge on any atom is 0.239 e. The van der Waals surface area contributed by atoms with Gasteiger partial charge in [-0.15, -0.1) is 0 Å². The summed E-state index contributed by atoms with van der Waals surface area (Å²) >= 11 is 0. The molecular weight excluding hydrogens is 242 g/mol. The lowest BCUT2D eigenvalue weighted by molar-refractivity contribution is -0.122. The Morgan fingerprint density at radius 3 is 2.11 bits per heavy atom. The Morgan fingerprint density at radius 1 is 1.28 bits per heavy atom. The highest BCUT2D eigenvalue weighted by Crippen LogP contribution is 2.36. The summed E-state index contributed by atoms with van der Waals surface area (Å²) < 4.78 is 2.14. The Kier molecular flexibility index (Phi) is 6.58. The highest BCUT2D eigenvalue weighted by Gasteiger charge is 2.32. The molecule has 0 aliphatic carbocycles. The maximum atomic E-state index is 11.7. The van der Waals surface area contributed by atoms with Gasteiger partial charge >= 0.3 is 0 Å². The summed E-state index contributed by atoms with van der Waals surface area (Å²) in [6, 6.07) is 9.37. The molecule has 1 unspecified atom stereocenters. The lowest BCUT2D eigenvalue weighted by Gasteiger charge is -2.39. The minimum atomic E-state index is -0.348. The first-order chi connectivity index (χ1) is 7.88. The Bertz CT molecular complexity index is 378. The van der Waals surface area contributed by atoms with Crippen LogP contribution in [0, 0.1) is 0 Å². The van der Waals surface area contributed by atoms with E-state index in [4.69, 9.17) is 5.73 Å². The van der Waals surface area contributed by atoms with Crippen molar-refractivity contribution in [2.75, 3.05) is 6.66 Å². The van der Waals surface area contributed by atoms with Crippen LogP contribution >= 0.6 is 8.73 Å². The van der Waals surface area contributed by atoms with Gasteiger partial charge in [0.1, 0.15) is 6.04 Å². The lowest BCUT2D eigenvalue weighted by Crippen LogP contribution is -2.43. The molecule has 0 bridgehead atoms. The van der Waals surface area contributed by atoms with E-state index in [9.17, 15) is 4.79 Å². The van der Waals surface area contributed by atoms with Crippen molar-refractivity contribution in [1.82, 2.24) is 4.67 Å². The quantitative estimate of drug-likeness (QED) is 0.668. The van der Waals surface area contributed by atoms with E-state index in [-0.39, 0.29) is 25.9 Å². The normalized spacial score (nSPS) is 13.6. The van der Waals surface area contributed by atoms with E-state index >= 15 is 0 Å². The van der Waals surface area contributed by atoms with Gasteiger partial charge in [-0.3, -0.25) is 9.46 Å². The van der Waals surface area contributed by atoms with Crippen LogP contribution in [-0.4, -0.2) is 31.2 Å². The number of amides is 1. The van der Waals surface area contributed by atoms with Crippen molar-refractivity contribution >= 4 is 23.1 Å². The van der Waals surface area contributed by atoms with Gasteiger partial charge in [-0.2, -0.15) is 0 Å². The Balaban J connectivity index is 0.00000289. The van der Waals surface area contributed by atoms with Gasteiger partial charge in [0.2, 0.25) is 5.91 Å². The molecule has 3 nitrogen and oxygen atoms in total. The van der Waals surface area contributed by atoms with E-state index in [0.717, 1.165) is 5.56 Å². The molecule has 0 aromatic heterocycles. The van der Waals surface area contributed by atoms with Gasteiger partial charge in [0, 0.05) is 14.0 Å². The number of carbonyl (C=O) groups is 1. The van der Waals surface area contributed by atoms with Crippen molar-refractivity contribution in [2.45, 2.75) is 32.4 Å². The van der Waals surface area contributed by atoms with Crippen molar-refractivity contribution in [3.8, 4) is 0 Å². The third-order valence-electron chi connectivity index (χ3n) is 2.61. The van der Waals surface area contributed by atoms with E-state index in [1.165, 1.54) is 0 Å². The predicted octanol–water partition coefficient (Wildman–Crippen LogP) is 2.16. The van der Waals surface area contributed by atoms with Crippen molar-refractivity contribution < 1.29 is 4.79 Å². The number of nitrogens with zero attached hydrogens (tertiary/aromatic N) is 1. The summed E-state index contributed by atoms with van der Waals surface area (Å²) in [6.45, 7) is 8.37. The monoisotopic (exact) mass is 263 g/mol. The molecule has 1 amide bonds. The van der Waals surface area contributed by atoms with Crippen molar-refractivity contribution in [2.24, 2.45) is 5.73 Å². The topological polar surface area (TPSA) is 46.3 Å². The van der Waals surface area contributed by atoms with E-state index < -0.39 is 0 Å². The van der Waals surface area contributed by atoms with Crippen LogP contribution in [0.15, 0.2) is 30.3 Å². The minimum absolute atomic E-state index is 0. The van der Waals surface area contributed by atoms with Crippen LogP contribution in [0.1, 0.15) is 32.4 Å². The maximum absolute atomic E-state index is 11.7. The fraction of sp³-hybridized carbons (Fsp3) is 0.462. The average molecular weight is 263 g/mol. The van der Waals surface area contributed by atoms with Gasteiger partial charge < -0.3 is 5.73 Å². The molecule has 1 rings (SSSR count). The third kappa shape index (κ3) is 4.11. The van der Waals surface area contributed by atoms with Crippen LogP contribution in [0.25, 0.3) is 0 Å². The zero-order valence-corrected chi connectivity index (χ0v) is 12.5. The molecule has 0 saturated heterocycles. The standard InChI is InChI=1S/C13H21N2OP.B/c1-13(2,3)15(17-4)11(12(14)16)10-8-6-5-7-9-10;/h5-9,11,17H,1-4H3,(H2,14,16);/t11-;/m1./s1. The summed E-state index contributed by atoms with van der Waals surface area (Å²) in [5.41, 5.74) is 6.45. The van der Waals surface area contributed by atoms with E-state index in [1.807, 2.05) is 30.3 Å². The van der Waals surface area contributed by atoms with Crippen molar-refractivity contribution in [3.05, 3.63) is 35.9 Å². The highest BCUT2D eigenvalue weighted by molar-refractivity contribution is 7.34. The van der Waals surface area contributed by atoms with Gasteiger partial charge in [-0.1, -0.05) is 39.1 Å². The van der Waals surface area contributed by atoms with Gasteiger partial charge in [0.05, 0.1) is 0 Å². The molecule has 0 saturated carbocycles. The molecule has 5 heteroatoms. The number of carbonyl (C=O) groups excluding carboxylic acids is 1. The summed E-state index contributed by atoms with van der Waals surface area (Å²) in [4.78, 5) is 11.7.